The summed E-state index contributed by atoms with van der Waals surface area (Å²) in [6.45, 7) is 2.19. The molecule has 1 saturated heterocycles. The molecule has 66 valence electrons. The molecule has 0 amide bonds. The minimum Gasteiger partial charge on any atom is -0.356 e. The lowest BCUT2D eigenvalue weighted by atomic mass is 10.1. The summed E-state index contributed by atoms with van der Waals surface area (Å²) < 4.78 is 0. The lowest BCUT2D eigenvalue weighted by molar-refractivity contribution is 0.479. The van der Waals surface area contributed by atoms with E-state index in [1.165, 1.54) is 12.8 Å². The van der Waals surface area contributed by atoms with E-state index < -0.39 is 0 Å². The summed E-state index contributed by atoms with van der Waals surface area (Å²) in [7, 11) is 0. The standard InChI is InChI=1S/C7H12N4S/c1-2-6(4-8-3-1)10-7-11-9-5-12-7/h5-6,8H,1-4H2,(H,10,11)/t6-/m1/s1. The van der Waals surface area contributed by atoms with Crippen molar-refractivity contribution >= 4 is 16.5 Å². The Morgan fingerprint density at radius 3 is 3.33 bits per heavy atom. The van der Waals surface area contributed by atoms with Crippen molar-refractivity contribution in [3.63, 3.8) is 0 Å². The minimum atomic E-state index is 0.534. The molecule has 0 aromatic carbocycles. The van der Waals surface area contributed by atoms with E-state index in [1.54, 1.807) is 16.8 Å². The van der Waals surface area contributed by atoms with Crippen molar-refractivity contribution < 1.29 is 0 Å². The molecule has 1 aliphatic rings. The minimum absolute atomic E-state index is 0.534. The number of piperidine rings is 1. The van der Waals surface area contributed by atoms with Crippen LogP contribution in [0.5, 0.6) is 0 Å². The van der Waals surface area contributed by atoms with Gasteiger partial charge in [-0.2, -0.15) is 0 Å². The Morgan fingerprint density at radius 2 is 2.67 bits per heavy atom. The van der Waals surface area contributed by atoms with Gasteiger partial charge in [0.2, 0.25) is 5.13 Å². The number of nitrogens with one attached hydrogen (secondary N) is 2. The Kier molecular flexibility index (Phi) is 2.53. The number of rotatable bonds is 2. The Balaban J connectivity index is 1.86. The van der Waals surface area contributed by atoms with Crippen molar-refractivity contribution in [2.75, 3.05) is 18.4 Å². The van der Waals surface area contributed by atoms with Gasteiger partial charge in [-0.05, 0) is 19.4 Å². The Bertz CT molecular complexity index is 217. The van der Waals surface area contributed by atoms with Gasteiger partial charge in [-0.25, -0.2) is 0 Å². The van der Waals surface area contributed by atoms with Crippen molar-refractivity contribution in [1.82, 2.24) is 15.5 Å². The Morgan fingerprint density at radius 1 is 1.67 bits per heavy atom. The summed E-state index contributed by atoms with van der Waals surface area (Å²) in [5.41, 5.74) is 1.75. The molecular weight excluding hydrogens is 172 g/mol. The van der Waals surface area contributed by atoms with Crippen molar-refractivity contribution in [3.05, 3.63) is 5.51 Å². The normalized spacial score (nSPS) is 23.8. The van der Waals surface area contributed by atoms with Gasteiger partial charge < -0.3 is 10.6 Å². The SMILES string of the molecule is c1nnc(N[C@@H]2CCCNC2)s1. The van der Waals surface area contributed by atoms with Gasteiger partial charge >= 0.3 is 0 Å². The molecule has 1 aromatic rings. The summed E-state index contributed by atoms with van der Waals surface area (Å²) in [6.07, 6.45) is 2.48. The second-order valence-corrected chi connectivity index (χ2v) is 3.76. The van der Waals surface area contributed by atoms with Gasteiger partial charge in [-0.15, -0.1) is 10.2 Å². The quantitative estimate of drug-likeness (QED) is 0.710. The summed E-state index contributed by atoms with van der Waals surface area (Å²) in [4.78, 5) is 0. The van der Waals surface area contributed by atoms with E-state index in [1.807, 2.05) is 0 Å². The van der Waals surface area contributed by atoms with Crippen LogP contribution in [0.1, 0.15) is 12.8 Å². The summed E-state index contributed by atoms with van der Waals surface area (Å²) in [5, 5.41) is 15.3. The van der Waals surface area contributed by atoms with Crippen LogP contribution in [-0.4, -0.2) is 29.3 Å². The fraction of sp³-hybridized carbons (Fsp3) is 0.714. The molecule has 0 unspecified atom stereocenters. The molecule has 5 heteroatoms. The van der Waals surface area contributed by atoms with E-state index in [9.17, 15) is 0 Å². The number of nitrogens with zero attached hydrogens (tertiary/aromatic N) is 2. The van der Waals surface area contributed by atoms with Crippen LogP contribution in [0.25, 0.3) is 0 Å². The number of anilines is 1. The molecule has 0 radical (unpaired) electrons. The zero-order valence-corrected chi connectivity index (χ0v) is 7.60. The number of hydrogen-bond acceptors (Lipinski definition) is 5. The first-order valence-electron chi connectivity index (χ1n) is 4.18. The molecular formula is C7H12N4S. The number of aromatic nitrogens is 2. The second-order valence-electron chi connectivity index (χ2n) is 2.93. The van der Waals surface area contributed by atoms with Crippen LogP contribution in [0.3, 0.4) is 0 Å². The van der Waals surface area contributed by atoms with Crippen molar-refractivity contribution in [2.24, 2.45) is 0 Å². The molecule has 1 aromatic heterocycles. The fourth-order valence-corrected chi connectivity index (χ4v) is 1.91. The van der Waals surface area contributed by atoms with Gasteiger partial charge in [0.05, 0.1) is 0 Å². The van der Waals surface area contributed by atoms with Gasteiger partial charge in [0, 0.05) is 12.6 Å². The summed E-state index contributed by atoms with van der Waals surface area (Å²) in [5.74, 6) is 0. The van der Waals surface area contributed by atoms with E-state index in [4.69, 9.17) is 0 Å². The highest BCUT2D eigenvalue weighted by Crippen LogP contribution is 2.12. The van der Waals surface area contributed by atoms with E-state index in [2.05, 4.69) is 20.8 Å². The van der Waals surface area contributed by atoms with Crippen LogP contribution in [0.4, 0.5) is 5.13 Å². The summed E-state index contributed by atoms with van der Waals surface area (Å²) >= 11 is 1.56. The molecule has 12 heavy (non-hydrogen) atoms. The predicted molar refractivity (Wildman–Crippen MR) is 49.4 cm³/mol. The van der Waals surface area contributed by atoms with Gasteiger partial charge in [0.25, 0.3) is 0 Å². The molecule has 0 saturated carbocycles. The Labute approximate surface area is 75.4 Å². The molecule has 4 nitrogen and oxygen atoms in total. The second kappa shape index (κ2) is 3.82. The van der Waals surface area contributed by atoms with Gasteiger partial charge in [0.1, 0.15) is 5.51 Å². The molecule has 0 spiro atoms. The summed E-state index contributed by atoms with van der Waals surface area (Å²) in [6, 6.07) is 0.534. The smallest absolute Gasteiger partial charge is 0.205 e. The van der Waals surface area contributed by atoms with Crippen LogP contribution in [0.2, 0.25) is 0 Å². The lowest BCUT2D eigenvalue weighted by Gasteiger charge is -2.22. The van der Waals surface area contributed by atoms with Crippen LogP contribution in [0.15, 0.2) is 5.51 Å². The first kappa shape index (κ1) is 7.94. The first-order valence-corrected chi connectivity index (χ1v) is 5.06. The van der Waals surface area contributed by atoms with Crippen molar-refractivity contribution in [3.8, 4) is 0 Å². The van der Waals surface area contributed by atoms with E-state index in [0.717, 1.165) is 18.2 Å². The molecule has 0 aliphatic carbocycles. The zero-order valence-electron chi connectivity index (χ0n) is 6.79. The highest BCUT2D eigenvalue weighted by Gasteiger charge is 2.12. The lowest BCUT2D eigenvalue weighted by Crippen LogP contribution is -2.38. The average Bonchev–Trinajstić information content (AvgIpc) is 2.59. The average molecular weight is 184 g/mol. The monoisotopic (exact) mass is 184 g/mol. The largest absolute Gasteiger partial charge is 0.356 e. The molecule has 1 fully saturated rings. The van der Waals surface area contributed by atoms with Crippen molar-refractivity contribution in [2.45, 2.75) is 18.9 Å². The molecule has 2 rings (SSSR count). The molecule has 1 atom stereocenters. The van der Waals surface area contributed by atoms with E-state index in [0.29, 0.717) is 6.04 Å². The highest BCUT2D eigenvalue weighted by atomic mass is 32.1. The molecule has 1 aliphatic heterocycles. The maximum atomic E-state index is 3.94. The van der Waals surface area contributed by atoms with Gasteiger partial charge in [0.15, 0.2) is 0 Å². The topological polar surface area (TPSA) is 49.8 Å². The Hall–Kier alpha value is -0.680. The zero-order chi connectivity index (χ0) is 8.23. The third kappa shape index (κ3) is 1.92. The highest BCUT2D eigenvalue weighted by molar-refractivity contribution is 7.13. The third-order valence-electron chi connectivity index (χ3n) is 1.98. The van der Waals surface area contributed by atoms with Crippen LogP contribution >= 0.6 is 11.3 Å². The van der Waals surface area contributed by atoms with Gasteiger partial charge in [-0.1, -0.05) is 11.3 Å². The third-order valence-corrected chi connectivity index (χ3v) is 2.61. The molecule has 2 heterocycles. The van der Waals surface area contributed by atoms with Crippen LogP contribution in [0, 0.1) is 0 Å². The van der Waals surface area contributed by atoms with E-state index >= 15 is 0 Å². The molecule has 2 N–H and O–H groups in total. The fourth-order valence-electron chi connectivity index (χ4n) is 1.39. The van der Waals surface area contributed by atoms with Crippen molar-refractivity contribution in [1.29, 1.82) is 0 Å². The van der Waals surface area contributed by atoms with Crippen LogP contribution in [-0.2, 0) is 0 Å². The van der Waals surface area contributed by atoms with E-state index in [-0.39, 0.29) is 0 Å². The van der Waals surface area contributed by atoms with Crippen LogP contribution < -0.4 is 10.6 Å². The number of hydrogen-bond donors (Lipinski definition) is 2. The van der Waals surface area contributed by atoms with Gasteiger partial charge in [-0.3, -0.25) is 0 Å². The predicted octanol–water partition coefficient (Wildman–Crippen LogP) is 0.702. The maximum absolute atomic E-state index is 3.94. The molecule has 0 bridgehead atoms. The first-order chi connectivity index (χ1) is 5.95. The maximum Gasteiger partial charge on any atom is 0.205 e.